The van der Waals surface area contributed by atoms with Crippen LogP contribution in [0.25, 0.3) is 0 Å². The van der Waals surface area contributed by atoms with Gasteiger partial charge < -0.3 is 14.4 Å². The number of piperazine rings is 1. The molecule has 3 rings (SSSR count). The highest BCUT2D eigenvalue weighted by Crippen LogP contribution is 2.35. The minimum absolute atomic E-state index is 0.0458. The third-order valence-corrected chi connectivity index (χ3v) is 6.39. The SMILES string of the molecule is COc1cccc(Oc2ccc(S(=O)(=O)N3CCN(C)CC3)cc2[N+](=O)[O-])c1. The molecule has 0 radical (unpaired) electrons. The van der Waals surface area contributed by atoms with Crippen molar-refractivity contribution in [3.63, 3.8) is 0 Å². The van der Waals surface area contributed by atoms with E-state index in [2.05, 4.69) is 0 Å². The van der Waals surface area contributed by atoms with E-state index < -0.39 is 20.6 Å². The first-order chi connectivity index (χ1) is 13.3. The number of benzene rings is 2. The van der Waals surface area contributed by atoms with E-state index in [1.165, 1.54) is 23.5 Å². The Kier molecular flexibility index (Phi) is 5.82. The van der Waals surface area contributed by atoms with Crippen LogP contribution >= 0.6 is 0 Å². The molecule has 9 nitrogen and oxygen atoms in total. The van der Waals surface area contributed by atoms with Crippen molar-refractivity contribution in [1.29, 1.82) is 0 Å². The number of likely N-dealkylation sites (N-methyl/N-ethyl adjacent to an activating group) is 1. The van der Waals surface area contributed by atoms with E-state index in [1.54, 1.807) is 24.3 Å². The smallest absolute Gasteiger partial charge is 0.312 e. The number of rotatable bonds is 6. The lowest BCUT2D eigenvalue weighted by molar-refractivity contribution is -0.385. The predicted octanol–water partition coefficient (Wildman–Crippen LogP) is 2.33. The van der Waals surface area contributed by atoms with E-state index in [4.69, 9.17) is 9.47 Å². The van der Waals surface area contributed by atoms with Crippen molar-refractivity contribution in [2.45, 2.75) is 4.90 Å². The van der Waals surface area contributed by atoms with Crippen LogP contribution in [-0.4, -0.2) is 62.9 Å². The van der Waals surface area contributed by atoms with Crippen LogP contribution in [-0.2, 0) is 10.0 Å². The molecular formula is C18H21N3O6S. The van der Waals surface area contributed by atoms with Gasteiger partial charge in [-0.3, -0.25) is 10.1 Å². The van der Waals surface area contributed by atoms with E-state index in [0.717, 1.165) is 6.07 Å². The maximum absolute atomic E-state index is 12.8. The van der Waals surface area contributed by atoms with Crippen LogP contribution in [0.4, 0.5) is 5.69 Å². The predicted molar refractivity (Wildman–Crippen MR) is 102 cm³/mol. The van der Waals surface area contributed by atoms with Gasteiger partial charge in [-0.15, -0.1) is 0 Å². The maximum Gasteiger partial charge on any atom is 0.312 e. The third kappa shape index (κ3) is 4.24. The van der Waals surface area contributed by atoms with Gasteiger partial charge in [-0.05, 0) is 31.3 Å². The van der Waals surface area contributed by atoms with Crippen LogP contribution in [0, 0.1) is 10.1 Å². The Morgan fingerprint density at radius 3 is 2.36 bits per heavy atom. The Balaban J connectivity index is 1.91. The van der Waals surface area contributed by atoms with Crippen molar-refractivity contribution < 1.29 is 22.8 Å². The van der Waals surface area contributed by atoms with Gasteiger partial charge in [-0.1, -0.05) is 6.07 Å². The van der Waals surface area contributed by atoms with E-state index in [1.807, 2.05) is 11.9 Å². The molecule has 0 spiro atoms. The highest BCUT2D eigenvalue weighted by atomic mass is 32.2. The molecule has 0 atom stereocenters. The number of nitro groups is 1. The van der Waals surface area contributed by atoms with Gasteiger partial charge in [0, 0.05) is 38.3 Å². The largest absolute Gasteiger partial charge is 0.497 e. The molecule has 0 unspecified atom stereocenters. The molecular weight excluding hydrogens is 386 g/mol. The van der Waals surface area contributed by atoms with Gasteiger partial charge in [-0.25, -0.2) is 8.42 Å². The zero-order valence-corrected chi connectivity index (χ0v) is 16.4. The first kappa shape index (κ1) is 20.1. The summed E-state index contributed by atoms with van der Waals surface area (Å²) in [5, 5.41) is 11.5. The molecule has 0 N–H and O–H groups in total. The van der Waals surface area contributed by atoms with Gasteiger partial charge in [0.2, 0.25) is 15.8 Å². The van der Waals surface area contributed by atoms with E-state index in [-0.39, 0.29) is 10.6 Å². The second kappa shape index (κ2) is 8.13. The Morgan fingerprint density at radius 1 is 1.04 bits per heavy atom. The summed E-state index contributed by atoms with van der Waals surface area (Å²) in [4.78, 5) is 12.8. The molecule has 1 saturated heterocycles. The average molecular weight is 407 g/mol. The molecule has 2 aromatic carbocycles. The first-order valence-corrected chi connectivity index (χ1v) is 10.0. The quantitative estimate of drug-likeness (QED) is 0.535. The molecule has 1 aliphatic heterocycles. The van der Waals surface area contributed by atoms with Crippen LogP contribution in [0.5, 0.6) is 17.2 Å². The molecule has 10 heteroatoms. The normalized spacial score (nSPS) is 15.9. The van der Waals surface area contributed by atoms with Gasteiger partial charge >= 0.3 is 5.69 Å². The second-order valence-electron chi connectivity index (χ2n) is 6.38. The number of nitrogens with zero attached hydrogens (tertiary/aromatic N) is 3. The van der Waals surface area contributed by atoms with E-state index in [0.29, 0.717) is 37.7 Å². The minimum Gasteiger partial charge on any atom is -0.497 e. The van der Waals surface area contributed by atoms with Crippen LogP contribution in [0.3, 0.4) is 0 Å². The molecule has 1 heterocycles. The fraction of sp³-hybridized carbons (Fsp3) is 0.333. The van der Waals surface area contributed by atoms with Gasteiger partial charge in [0.25, 0.3) is 0 Å². The summed E-state index contributed by atoms with van der Waals surface area (Å²) in [6, 6.07) is 10.3. The lowest BCUT2D eigenvalue weighted by Crippen LogP contribution is -2.47. The molecule has 0 aliphatic carbocycles. The van der Waals surface area contributed by atoms with Crippen LogP contribution < -0.4 is 9.47 Å². The van der Waals surface area contributed by atoms with Crippen molar-refractivity contribution in [3.05, 3.63) is 52.6 Å². The monoisotopic (exact) mass is 407 g/mol. The number of hydrogen-bond donors (Lipinski definition) is 0. The van der Waals surface area contributed by atoms with Gasteiger partial charge in [0.1, 0.15) is 11.5 Å². The van der Waals surface area contributed by atoms with Gasteiger partial charge in [0.15, 0.2) is 0 Å². The highest BCUT2D eigenvalue weighted by molar-refractivity contribution is 7.89. The average Bonchev–Trinajstić information content (AvgIpc) is 2.68. The summed E-state index contributed by atoms with van der Waals surface area (Å²) in [6.45, 7) is 1.90. The number of nitro benzene ring substituents is 1. The van der Waals surface area contributed by atoms with Crippen molar-refractivity contribution in [3.8, 4) is 17.2 Å². The maximum atomic E-state index is 12.8. The number of ether oxygens (including phenoxy) is 2. The number of methoxy groups -OCH3 is 1. The Bertz CT molecular complexity index is 971. The number of hydrogen-bond acceptors (Lipinski definition) is 7. The molecule has 2 aromatic rings. The summed E-state index contributed by atoms with van der Waals surface area (Å²) >= 11 is 0. The van der Waals surface area contributed by atoms with Crippen LogP contribution in [0.2, 0.25) is 0 Å². The van der Waals surface area contributed by atoms with Crippen molar-refractivity contribution in [2.75, 3.05) is 40.3 Å². The zero-order valence-electron chi connectivity index (χ0n) is 15.6. The Morgan fingerprint density at radius 2 is 1.71 bits per heavy atom. The molecule has 1 fully saturated rings. The molecule has 28 heavy (non-hydrogen) atoms. The van der Waals surface area contributed by atoms with Crippen molar-refractivity contribution in [2.24, 2.45) is 0 Å². The van der Waals surface area contributed by atoms with Gasteiger partial charge in [-0.2, -0.15) is 4.31 Å². The summed E-state index contributed by atoms with van der Waals surface area (Å²) in [6.07, 6.45) is 0. The van der Waals surface area contributed by atoms with Crippen molar-refractivity contribution in [1.82, 2.24) is 9.21 Å². The van der Waals surface area contributed by atoms with E-state index in [9.17, 15) is 18.5 Å². The lowest BCUT2D eigenvalue weighted by Gasteiger charge is -2.31. The first-order valence-electron chi connectivity index (χ1n) is 8.60. The standard InChI is InChI=1S/C18H21N3O6S/c1-19-8-10-20(11-9-19)28(24,25)16-6-7-18(17(13-16)21(22)23)27-15-5-3-4-14(12-15)26-2/h3-7,12-13H,8-11H2,1-2H3. The minimum atomic E-state index is -3.82. The lowest BCUT2D eigenvalue weighted by atomic mass is 10.3. The molecule has 0 aromatic heterocycles. The molecule has 0 bridgehead atoms. The molecule has 150 valence electrons. The number of sulfonamides is 1. The third-order valence-electron chi connectivity index (χ3n) is 4.50. The summed E-state index contributed by atoms with van der Waals surface area (Å²) in [5.74, 6) is 0.835. The zero-order chi connectivity index (χ0) is 20.3. The van der Waals surface area contributed by atoms with E-state index >= 15 is 0 Å². The topological polar surface area (TPSA) is 102 Å². The summed E-state index contributed by atoms with van der Waals surface area (Å²) < 4.78 is 37.8. The van der Waals surface area contributed by atoms with Crippen LogP contribution in [0.15, 0.2) is 47.4 Å². The van der Waals surface area contributed by atoms with Crippen LogP contribution in [0.1, 0.15) is 0 Å². The summed E-state index contributed by atoms with van der Waals surface area (Å²) in [7, 11) is -0.399. The Hall–Kier alpha value is -2.69. The Labute approximate surface area is 163 Å². The molecule has 0 saturated carbocycles. The second-order valence-corrected chi connectivity index (χ2v) is 8.31. The fourth-order valence-electron chi connectivity index (χ4n) is 2.86. The molecule has 0 amide bonds. The molecule has 1 aliphatic rings. The highest BCUT2D eigenvalue weighted by Gasteiger charge is 2.30. The summed E-state index contributed by atoms with van der Waals surface area (Å²) in [5.41, 5.74) is -0.418. The van der Waals surface area contributed by atoms with Gasteiger partial charge in [0.05, 0.1) is 16.9 Å². The van der Waals surface area contributed by atoms with Crippen molar-refractivity contribution >= 4 is 15.7 Å². The fourth-order valence-corrected chi connectivity index (χ4v) is 4.30.